The molecule has 1 spiro atoms. The fraction of sp³-hybridized carbons (Fsp3) is 0.778. The predicted molar refractivity (Wildman–Crippen MR) is 90.7 cm³/mol. The first-order valence-electron chi connectivity index (χ1n) is 9.13. The maximum atomic E-state index is 12.5. The minimum absolute atomic E-state index is 0.106. The quantitative estimate of drug-likeness (QED) is 0.817. The van der Waals surface area contributed by atoms with Gasteiger partial charge in [-0.2, -0.15) is 5.10 Å². The van der Waals surface area contributed by atoms with E-state index in [9.17, 15) is 4.79 Å². The fourth-order valence-electron chi connectivity index (χ4n) is 4.13. The molecule has 0 unspecified atom stereocenters. The number of nitrogens with zero attached hydrogens (tertiary/aromatic N) is 4. The lowest BCUT2D eigenvalue weighted by molar-refractivity contribution is -0.0761. The number of likely N-dealkylation sites (N-methyl/N-ethyl adjacent to an activating group) is 1. The number of likely N-dealkylation sites (tertiary alicyclic amines) is 2. The van der Waals surface area contributed by atoms with E-state index in [1.165, 1.54) is 19.3 Å². The van der Waals surface area contributed by atoms with Crippen molar-refractivity contribution in [2.45, 2.75) is 31.2 Å². The van der Waals surface area contributed by atoms with Crippen LogP contribution < -0.4 is 0 Å². The van der Waals surface area contributed by atoms with Crippen LogP contribution in [0.25, 0.3) is 0 Å². The van der Waals surface area contributed by atoms with Crippen molar-refractivity contribution in [3.8, 4) is 0 Å². The van der Waals surface area contributed by atoms with Crippen LogP contribution in [0, 0.1) is 11.8 Å². The number of hydrogen-bond donors (Lipinski definition) is 0. The van der Waals surface area contributed by atoms with Crippen LogP contribution in [0.1, 0.15) is 36.0 Å². The Hall–Kier alpha value is -1.40. The lowest BCUT2D eigenvalue weighted by Crippen LogP contribution is -2.72. The van der Waals surface area contributed by atoms with Gasteiger partial charge in [0.2, 0.25) is 0 Å². The van der Waals surface area contributed by atoms with Gasteiger partial charge in [-0.15, -0.1) is 0 Å². The first-order valence-corrected chi connectivity index (χ1v) is 9.13. The maximum Gasteiger partial charge on any atom is 0.257 e. The summed E-state index contributed by atoms with van der Waals surface area (Å²) in [7, 11) is 4.04. The molecule has 1 saturated carbocycles. The first kappa shape index (κ1) is 16.1. The van der Waals surface area contributed by atoms with E-state index >= 15 is 0 Å². The smallest absolute Gasteiger partial charge is 0.257 e. The van der Waals surface area contributed by atoms with Gasteiger partial charge in [0.25, 0.3) is 5.91 Å². The van der Waals surface area contributed by atoms with E-state index < -0.39 is 0 Å². The van der Waals surface area contributed by atoms with Crippen LogP contribution >= 0.6 is 0 Å². The Morgan fingerprint density at radius 1 is 1.25 bits per heavy atom. The highest BCUT2D eigenvalue weighted by molar-refractivity contribution is 5.94. The molecule has 3 fully saturated rings. The van der Waals surface area contributed by atoms with Gasteiger partial charge in [-0.05, 0) is 51.1 Å². The number of hydrogen-bond acceptors (Lipinski definition) is 4. The van der Waals surface area contributed by atoms with E-state index in [2.05, 4.69) is 17.0 Å². The summed E-state index contributed by atoms with van der Waals surface area (Å²) >= 11 is 0. The second-order valence-electron chi connectivity index (χ2n) is 8.05. The molecule has 2 aliphatic heterocycles. The number of rotatable bonds is 5. The highest BCUT2D eigenvalue weighted by atomic mass is 16.5. The highest BCUT2D eigenvalue weighted by Crippen LogP contribution is 2.39. The normalized spacial score (nSPS) is 26.6. The highest BCUT2D eigenvalue weighted by Gasteiger charge is 2.51. The number of aromatic nitrogens is 2. The number of aryl methyl sites for hydroxylation is 1. The molecule has 4 rings (SSSR count). The van der Waals surface area contributed by atoms with Gasteiger partial charge in [0.15, 0.2) is 0 Å². The summed E-state index contributed by atoms with van der Waals surface area (Å²) in [6.45, 7) is 4.60. The van der Waals surface area contributed by atoms with E-state index in [1.807, 2.05) is 11.9 Å². The van der Waals surface area contributed by atoms with Crippen molar-refractivity contribution in [2.24, 2.45) is 18.9 Å². The Bertz CT molecular complexity index is 604. The van der Waals surface area contributed by atoms with Crippen molar-refractivity contribution in [3.63, 3.8) is 0 Å². The van der Waals surface area contributed by atoms with Crippen molar-refractivity contribution in [1.29, 1.82) is 0 Å². The Kier molecular flexibility index (Phi) is 4.12. The molecule has 1 atom stereocenters. The summed E-state index contributed by atoms with van der Waals surface area (Å²) in [6, 6.07) is 0. The van der Waals surface area contributed by atoms with Crippen LogP contribution in [-0.2, 0) is 11.8 Å². The first-order chi connectivity index (χ1) is 11.6. The van der Waals surface area contributed by atoms with E-state index in [1.54, 1.807) is 17.1 Å². The molecule has 2 saturated heterocycles. The van der Waals surface area contributed by atoms with Gasteiger partial charge in [-0.25, -0.2) is 0 Å². The van der Waals surface area contributed by atoms with Gasteiger partial charge in [0.05, 0.1) is 17.3 Å². The molecule has 6 nitrogen and oxygen atoms in total. The second kappa shape index (κ2) is 6.15. The molecule has 24 heavy (non-hydrogen) atoms. The standard InChI is InChI=1S/C18H28N4O2/c1-20-6-5-15(11-24-10-14-3-4-14)7-18(20)12-22(13-18)17(23)16-8-19-21(2)9-16/h8-9,14-15H,3-7,10-13H2,1-2H3/t15-/m0/s1. The Labute approximate surface area is 143 Å². The van der Waals surface area contributed by atoms with Crippen LogP contribution in [0.3, 0.4) is 0 Å². The van der Waals surface area contributed by atoms with Crippen LogP contribution in [0.2, 0.25) is 0 Å². The topological polar surface area (TPSA) is 50.6 Å². The third-order valence-electron chi connectivity index (χ3n) is 5.96. The number of amides is 1. The molecule has 0 N–H and O–H groups in total. The zero-order chi connectivity index (χ0) is 16.7. The van der Waals surface area contributed by atoms with Gasteiger partial charge in [0, 0.05) is 39.5 Å². The monoisotopic (exact) mass is 332 g/mol. The fourth-order valence-corrected chi connectivity index (χ4v) is 4.13. The maximum absolute atomic E-state index is 12.5. The van der Waals surface area contributed by atoms with Crippen molar-refractivity contribution in [3.05, 3.63) is 18.0 Å². The Morgan fingerprint density at radius 2 is 2.00 bits per heavy atom. The predicted octanol–water partition coefficient (Wildman–Crippen LogP) is 1.38. The molecule has 3 aliphatic rings. The molecular weight excluding hydrogens is 304 g/mol. The third kappa shape index (κ3) is 3.09. The van der Waals surface area contributed by atoms with Crippen molar-refractivity contribution in [2.75, 3.05) is 39.9 Å². The van der Waals surface area contributed by atoms with E-state index in [0.717, 1.165) is 45.2 Å². The molecule has 1 aromatic rings. The molecule has 3 heterocycles. The lowest BCUT2D eigenvalue weighted by Gasteiger charge is -2.58. The second-order valence-corrected chi connectivity index (χ2v) is 8.05. The minimum Gasteiger partial charge on any atom is -0.381 e. The van der Waals surface area contributed by atoms with Gasteiger partial charge < -0.3 is 9.64 Å². The summed E-state index contributed by atoms with van der Waals surface area (Å²) in [5.74, 6) is 1.58. The third-order valence-corrected chi connectivity index (χ3v) is 5.96. The zero-order valence-electron chi connectivity index (χ0n) is 14.8. The molecular formula is C18H28N4O2. The summed E-state index contributed by atoms with van der Waals surface area (Å²) in [6.07, 6.45) is 8.51. The van der Waals surface area contributed by atoms with Gasteiger partial charge in [-0.1, -0.05) is 0 Å². The molecule has 1 aromatic heterocycles. The number of piperidine rings is 1. The van der Waals surface area contributed by atoms with Crippen LogP contribution in [-0.4, -0.2) is 70.9 Å². The summed E-state index contributed by atoms with van der Waals surface area (Å²) in [4.78, 5) is 17.0. The largest absolute Gasteiger partial charge is 0.381 e. The van der Waals surface area contributed by atoms with E-state index in [4.69, 9.17) is 4.74 Å². The number of ether oxygens (including phenoxy) is 1. The summed E-state index contributed by atoms with van der Waals surface area (Å²) in [5.41, 5.74) is 0.846. The summed E-state index contributed by atoms with van der Waals surface area (Å²) < 4.78 is 7.61. The number of carbonyl (C=O) groups excluding carboxylic acids is 1. The van der Waals surface area contributed by atoms with E-state index in [0.29, 0.717) is 11.5 Å². The molecule has 1 amide bonds. The molecule has 0 aromatic carbocycles. The van der Waals surface area contributed by atoms with E-state index in [-0.39, 0.29) is 11.4 Å². The van der Waals surface area contributed by atoms with Crippen LogP contribution in [0.5, 0.6) is 0 Å². The zero-order valence-corrected chi connectivity index (χ0v) is 14.8. The number of carbonyl (C=O) groups is 1. The van der Waals surface area contributed by atoms with Crippen molar-refractivity contribution < 1.29 is 9.53 Å². The average molecular weight is 332 g/mol. The Morgan fingerprint density at radius 3 is 2.67 bits per heavy atom. The molecule has 0 radical (unpaired) electrons. The SMILES string of the molecule is CN1CC[C@H](COCC2CC2)CC12CN(C(=O)c1cnn(C)c1)C2. The van der Waals surface area contributed by atoms with Gasteiger partial charge in [0.1, 0.15) is 0 Å². The Balaban J connectivity index is 1.31. The molecule has 0 bridgehead atoms. The van der Waals surface area contributed by atoms with Gasteiger partial charge in [-0.3, -0.25) is 14.4 Å². The minimum atomic E-state index is 0.106. The average Bonchev–Trinajstić information content (AvgIpc) is 3.25. The van der Waals surface area contributed by atoms with Crippen LogP contribution in [0.15, 0.2) is 12.4 Å². The lowest BCUT2D eigenvalue weighted by atomic mass is 9.75. The van der Waals surface area contributed by atoms with Crippen molar-refractivity contribution in [1.82, 2.24) is 19.6 Å². The molecule has 6 heteroatoms. The van der Waals surface area contributed by atoms with Crippen molar-refractivity contribution >= 4 is 5.91 Å². The molecule has 132 valence electrons. The summed E-state index contributed by atoms with van der Waals surface area (Å²) in [5, 5.41) is 4.10. The van der Waals surface area contributed by atoms with Gasteiger partial charge >= 0.3 is 0 Å². The van der Waals surface area contributed by atoms with Crippen LogP contribution in [0.4, 0.5) is 0 Å². The molecule has 1 aliphatic carbocycles.